The van der Waals surface area contributed by atoms with Gasteiger partial charge in [-0.25, -0.2) is 0 Å². The molecule has 0 unspecified atom stereocenters. The van der Waals surface area contributed by atoms with Gasteiger partial charge in [0.1, 0.15) is 0 Å². The Balaban J connectivity index is 2.21. The molecule has 0 spiro atoms. The fourth-order valence-corrected chi connectivity index (χ4v) is 1.69. The van der Waals surface area contributed by atoms with Crippen molar-refractivity contribution in [1.82, 2.24) is 20.0 Å². The largest absolute Gasteiger partial charge is 0.339 e. The average molecular weight is 228 g/mol. The van der Waals surface area contributed by atoms with Crippen molar-refractivity contribution >= 4 is 5.91 Å². The third-order valence-corrected chi connectivity index (χ3v) is 2.80. The molecule has 0 atom stereocenters. The summed E-state index contributed by atoms with van der Waals surface area (Å²) in [5.41, 5.74) is 0. The van der Waals surface area contributed by atoms with Gasteiger partial charge in [0.05, 0.1) is 6.54 Å². The van der Waals surface area contributed by atoms with E-state index in [0.29, 0.717) is 6.54 Å². The molecule has 0 bridgehead atoms. The summed E-state index contributed by atoms with van der Waals surface area (Å²) in [5.74, 6) is 0.253. The van der Waals surface area contributed by atoms with Gasteiger partial charge in [-0.3, -0.25) is 9.69 Å². The van der Waals surface area contributed by atoms with E-state index in [1.807, 2.05) is 26.0 Å². The highest BCUT2D eigenvalue weighted by Crippen LogP contribution is 1.95. The maximum absolute atomic E-state index is 11.9. The molecule has 5 nitrogen and oxygen atoms in total. The second kappa shape index (κ2) is 6.83. The zero-order chi connectivity index (χ0) is 12.0. The summed E-state index contributed by atoms with van der Waals surface area (Å²) in [7, 11) is 6.10. The van der Waals surface area contributed by atoms with Gasteiger partial charge in [0.2, 0.25) is 5.91 Å². The molecule has 16 heavy (non-hydrogen) atoms. The lowest BCUT2D eigenvalue weighted by Crippen LogP contribution is -2.49. The molecule has 1 rings (SSSR count). The van der Waals surface area contributed by atoms with Crippen molar-refractivity contribution in [2.75, 3.05) is 67.0 Å². The van der Waals surface area contributed by atoms with Crippen molar-refractivity contribution < 1.29 is 4.79 Å². The van der Waals surface area contributed by atoms with E-state index in [0.717, 1.165) is 39.3 Å². The van der Waals surface area contributed by atoms with Crippen LogP contribution < -0.4 is 5.32 Å². The van der Waals surface area contributed by atoms with Crippen molar-refractivity contribution in [3.05, 3.63) is 0 Å². The van der Waals surface area contributed by atoms with Crippen LogP contribution in [0, 0.1) is 0 Å². The monoisotopic (exact) mass is 228 g/mol. The minimum atomic E-state index is 0.253. The van der Waals surface area contributed by atoms with Gasteiger partial charge in [-0.05, 0) is 21.1 Å². The van der Waals surface area contributed by atoms with E-state index in [4.69, 9.17) is 0 Å². The number of carbonyl (C=O) groups excluding carboxylic acids is 1. The van der Waals surface area contributed by atoms with E-state index in [1.165, 1.54) is 0 Å². The predicted octanol–water partition coefficient (Wildman–Crippen LogP) is -1.09. The smallest absolute Gasteiger partial charge is 0.236 e. The van der Waals surface area contributed by atoms with Crippen LogP contribution in [0.15, 0.2) is 0 Å². The maximum Gasteiger partial charge on any atom is 0.236 e. The van der Waals surface area contributed by atoms with Crippen LogP contribution in [0.3, 0.4) is 0 Å². The van der Waals surface area contributed by atoms with E-state index in [-0.39, 0.29) is 5.91 Å². The second-order valence-electron chi connectivity index (χ2n) is 4.67. The summed E-state index contributed by atoms with van der Waals surface area (Å²) >= 11 is 0. The number of hydrogen-bond donors (Lipinski definition) is 1. The third kappa shape index (κ3) is 4.92. The highest BCUT2D eigenvalue weighted by Gasteiger charge is 2.17. The van der Waals surface area contributed by atoms with Crippen LogP contribution in [-0.2, 0) is 4.79 Å². The van der Waals surface area contributed by atoms with Crippen molar-refractivity contribution in [2.24, 2.45) is 0 Å². The van der Waals surface area contributed by atoms with E-state index in [2.05, 4.69) is 15.1 Å². The first kappa shape index (κ1) is 13.4. The lowest BCUT2D eigenvalue weighted by molar-refractivity contribution is -0.132. The van der Waals surface area contributed by atoms with Crippen LogP contribution in [0.2, 0.25) is 0 Å². The fraction of sp³-hybridized carbons (Fsp3) is 0.909. The highest BCUT2D eigenvalue weighted by atomic mass is 16.2. The number of rotatable bonds is 5. The zero-order valence-corrected chi connectivity index (χ0v) is 10.7. The molecule has 5 heteroatoms. The predicted molar refractivity (Wildman–Crippen MR) is 65.5 cm³/mol. The van der Waals surface area contributed by atoms with Gasteiger partial charge >= 0.3 is 0 Å². The molecule has 94 valence electrons. The summed E-state index contributed by atoms with van der Waals surface area (Å²) in [6.45, 7) is 6.00. The molecular weight excluding hydrogens is 204 g/mol. The molecule has 0 aliphatic carbocycles. The van der Waals surface area contributed by atoms with Crippen LogP contribution in [0.1, 0.15) is 0 Å². The molecule has 1 aliphatic heterocycles. The van der Waals surface area contributed by atoms with Crippen molar-refractivity contribution in [3.8, 4) is 0 Å². The topological polar surface area (TPSA) is 38.8 Å². The Hall–Kier alpha value is -0.650. The van der Waals surface area contributed by atoms with Crippen molar-refractivity contribution in [1.29, 1.82) is 0 Å². The Kier molecular flexibility index (Phi) is 5.73. The molecule has 1 amide bonds. The van der Waals surface area contributed by atoms with Gasteiger partial charge in [-0.1, -0.05) is 0 Å². The minimum absolute atomic E-state index is 0.253. The van der Waals surface area contributed by atoms with Crippen LogP contribution >= 0.6 is 0 Å². The molecule has 1 N–H and O–H groups in total. The molecule has 0 aromatic heterocycles. The lowest BCUT2D eigenvalue weighted by atomic mass is 10.3. The Morgan fingerprint density at radius 2 is 1.81 bits per heavy atom. The minimum Gasteiger partial charge on any atom is -0.339 e. The van der Waals surface area contributed by atoms with Gasteiger partial charge in [0.25, 0.3) is 0 Å². The first-order valence-corrected chi connectivity index (χ1v) is 5.91. The number of carbonyl (C=O) groups is 1. The molecule has 1 aliphatic rings. The fourth-order valence-electron chi connectivity index (χ4n) is 1.69. The molecule has 0 saturated carbocycles. The summed E-state index contributed by atoms with van der Waals surface area (Å²) in [6.07, 6.45) is 0. The molecule has 0 aromatic carbocycles. The van der Waals surface area contributed by atoms with Gasteiger partial charge < -0.3 is 15.1 Å². The van der Waals surface area contributed by atoms with Crippen LogP contribution in [0.4, 0.5) is 0 Å². The number of likely N-dealkylation sites (N-methyl/N-ethyl adjacent to an activating group) is 2. The average Bonchev–Trinajstić information content (AvgIpc) is 2.27. The number of nitrogens with one attached hydrogen (secondary N) is 1. The molecule has 1 fully saturated rings. The van der Waals surface area contributed by atoms with E-state index < -0.39 is 0 Å². The highest BCUT2D eigenvalue weighted by molar-refractivity contribution is 5.78. The Labute approximate surface area is 98.4 Å². The van der Waals surface area contributed by atoms with Crippen molar-refractivity contribution in [2.45, 2.75) is 0 Å². The number of nitrogens with zero attached hydrogens (tertiary/aromatic N) is 3. The lowest BCUT2D eigenvalue weighted by Gasteiger charge is -2.29. The Morgan fingerprint density at radius 3 is 2.38 bits per heavy atom. The van der Waals surface area contributed by atoms with Gasteiger partial charge in [0.15, 0.2) is 0 Å². The van der Waals surface area contributed by atoms with E-state index in [1.54, 1.807) is 0 Å². The van der Waals surface area contributed by atoms with Gasteiger partial charge in [0, 0.05) is 39.3 Å². The first-order valence-electron chi connectivity index (χ1n) is 5.91. The SMILES string of the molecule is CN(C)CCN(C)CC(=O)N1CCNCC1. The summed E-state index contributed by atoms with van der Waals surface area (Å²) in [6, 6.07) is 0. The third-order valence-electron chi connectivity index (χ3n) is 2.80. The quantitative estimate of drug-likeness (QED) is 0.649. The number of hydrogen-bond acceptors (Lipinski definition) is 4. The molecule has 0 radical (unpaired) electrons. The van der Waals surface area contributed by atoms with Gasteiger partial charge in [-0.2, -0.15) is 0 Å². The maximum atomic E-state index is 11.9. The number of amides is 1. The van der Waals surface area contributed by atoms with E-state index >= 15 is 0 Å². The Morgan fingerprint density at radius 1 is 1.19 bits per heavy atom. The van der Waals surface area contributed by atoms with Gasteiger partial charge in [-0.15, -0.1) is 0 Å². The second-order valence-corrected chi connectivity index (χ2v) is 4.67. The normalized spacial score (nSPS) is 17.2. The van der Waals surface area contributed by atoms with Crippen molar-refractivity contribution in [3.63, 3.8) is 0 Å². The van der Waals surface area contributed by atoms with Crippen LogP contribution in [0.5, 0.6) is 0 Å². The van der Waals surface area contributed by atoms with Crippen LogP contribution in [0.25, 0.3) is 0 Å². The van der Waals surface area contributed by atoms with Crippen LogP contribution in [-0.4, -0.2) is 87.6 Å². The molecule has 1 saturated heterocycles. The molecule has 1 heterocycles. The van der Waals surface area contributed by atoms with E-state index in [9.17, 15) is 4.79 Å². The summed E-state index contributed by atoms with van der Waals surface area (Å²) in [4.78, 5) is 18.1. The summed E-state index contributed by atoms with van der Waals surface area (Å²) in [5, 5.41) is 3.25. The molecule has 0 aromatic rings. The Bertz CT molecular complexity index is 214. The summed E-state index contributed by atoms with van der Waals surface area (Å²) < 4.78 is 0. The number of piperazine rings is 1. The first-order chi connectivity index (χ1) is 7.59. The molecular formula is C11H24N4O. The zero-order valence-electron chi connectivity index (χ0n) is 10.7. The standard InChI is InChI=1S/C11H24N4O/c1-13(2)8-9-14(3)10-11(16)15-6-4-12-5-7-15/h12H,4-10H2,1-3H3.